The van der Waals surface area contributed by atoms with Crippen LogP contribution in [0.2, 0.25) is 14.4 Å². The van der Waals surface area contributed by atoms with Crippen LogP contribution in [0.3, 0.4) is 0 Å². The van der Waals surface area contributed by atoms with Crippen LogP contribution in [-0.2, 0) is 6.54 Å². The molecule has 0 atom stereocenters. The van der Waals surface area contributed by atoms with Crippen LogP contribution in [-0.4, -0.2) is 12.3 Å². The molecule has 1 nitrogen and oxygen atoms in total. The summed E-state index contributed by atoms with van der Waals surface area (Å²) in [7, 11) is 0. The van der Waals surface area contributed by atoms with Gasteiger partial charge in [-0.25, -0.2) is 0 Å². The minimum Gasteiger partial charge on any atom is -0.311 e. The zero-order valence-corrected chi connectivity index (χ0v) is 13.9. The summed E-state index contributed by atoms with van der Waals surface area (Å²) in [6.45, 7) is 1.79. The van der Waals surface area contributed by atoms with E-state index in [-0.39, 0.29) is 0 Å². The van der Waals surface area contributed by atoms with Crippen LogP contribution in [0.25, 0.3) is 0 Å². The fraction of sp³-hybridized carbons (Fsp3) is 0.231. The van der Waals surface area contributed by atoms with Crippen LogP contribution < -0.4 is 5.32 Å². The Kier molecular flexibility index (Phi) is 6.33. The smallest absolute Gasteiger partial charge is 0.0931 e. The van der Waals surface area contributed by atoms with E-state index in [9.17, 15) is 0 Å². The summed E-state index contributed by atoms with van der Waals surface area (Å²) in [5, 5.41) is 4.58. The first kappa shape index (κ1) is 15.5. The maximum absolute atomic E-state index is 5.96. The van der Waals surface area contributed by atoms with Crippen LogP contribution in [0.5, 0.6) is 0 Å². The Morgan fingerprint density at radius 3 is 2.58 bits per heavy atom. The third kappa shape index (κ3) is 5.18. The highest BCUT2D eigenvalue weighted by molar-refractivity contribution is 7.99. The maximum Gasteiger partial charge on any atom is 0.0931 e. The van der Waals surface area contributed by atoms with Crippen molar-refractivity contribution in [2.45, 2.75) is 11.4 Å². The summed E-state index contributed by atoms with van der Waals surface area (Å²) in [4.78, 5) is 2.39. The minimum atomic E-state index is 0.596. The minimum absolute atomic E-state index is 0.596. The third-order valence-corrected chi connectivity index (χ3v) is 5.33. The average Bonchev–Trinajstić information content (AvgIpc) is 2.79. The van der Waals surface area contributed by atoms with Gasteiger partial charge in [-0.05, 0) is 30.3 Å². The predicted octanol–water partition coefficient (Wildman–Crippen LogP) is 5.59. The topological polar surface area (TPSA) is 12.0 Å². The molecular formula is C13H12Cl3NS2. The molecule has 0 amide bonds. The predicted molar refractivity (Wildman–Crippen MR) is 88.2 cm³/mol. The highest BCUT2D eigenvalue weighted by Crippen LogP contribution is 2.27. The van der Waals surface area contributed by atoms with E-state index in [4.69, 9.17) is 34.8 Å². The highest BCUT2D eigenvalue weighted by atomic mass is 35.5. The van der Waals surface area contributed by atoms with Crippen LogP contribution >= 0.6 is 57.9 Å². The van der Waals surface area contributed by atoms with E-state index in [0.29, 0.717) is 10.0 Å². The lowest BCUT2D eigenvalue weighted by molar-refractivity contribution is 0.741. The Labute approximate surface area is 136 Å². The molecule has 0 unspecified atom stereocenters. The van der Waals surface area contributed by atoms with Crippen molar-refractivity contribution < 1.29 is 0 Å². The van der Waals surface area contributed by atoms with Crippen LogP contribution in [0.1, 0.15) is 4.88 Å². The molecule has 0 spiro atoms. The van der Waals surface area contributed by atoms with Crippen molar-refractivity contribution in [3.05, 3.63) is 49.6 Å². The molecule has 0 aliphatic carbocycles. The van der Waals surface area contributed by atoms with Crippen molar-refractivity contribution in [3.8, 4) is 0 Å². The molecule has 0 fully saturated rings. The third-order valence-electron chi connectivity index (χ3n) is 2.37. The first-order chi connectivity index (χ1) is 9.15. The van der Waals surface area contributed by atoms with Crippen molar-refractivity contribution in [1.82, 2.24) is 5.32 Å². The van der Waals surface area contributed by atoms with E-state index in [2.05, 4.69) is 5.32 Å². The molecule has 0 saturated heterocycles. The molecule has 0 bridgehead atoms. The summed E-state index contributed by atoms with van der Waals surface area (Å²) < 4.78 is 0.835. The van der Waals surface area contributed by atoms with Crippen LogP contribution in [0, 0.1) is 0 Å². The summed E-state index contributed by atoms with van der Waals surface area (Å²) in [5.74, 6) is 0.983. The van der Waals surface area contributed by atoms with Crippen molar-refractivity contribution in [2.75, 3.05) is 12.3 Å². The number of thioether (sulfide) groups is 1. The standard InChI is InChI=1S/C13H12Cl3NS2/c14-11-3-1-9(7-12(11)15)18-6-5-17-8-10-2-4-13(16)19-10/h1-4,7,17H,5-6,8H2. The first-order valence-corrected chi connectivity index (χ1v) is 8.61. The quantitative estimate of drug-likeness (QED) is 0.537. The van der Waals surface area contributed by atoms with Crippen LogP contribution in [0.4, 0.5) is 0 Å². The lowest BCUT2D eigenvalue weighted by atomic mass is 10.4. The Morgan fingerprint density at radius 2 is 1.89 bits per heavy atom. The van der Waals surface area contributed by atoms with Crippen molar-refractivity contribution in [2.24, 2.45) is 0 Å². The Bertz CT molecular complexity index is 542. The lowest BCUT2D eigenvalue weighted by Crippen LogP contribution is -2.15. The van der Waals surface area contributed by atoms with Gasteiger partial charge in [0.2, 0.25) is 0 Å². The number of halogens is 3. The summed E-state index contributed by atoms with van der Waals surface area (Å²) in [6, 6.07) is 9.68. The van der Waals surface area contributed by atoms with Gasteiger partial charge in [-0.3, -0.25) is 0 Å². The molecule has 1 aromatic heterocycles. The highest BCUT2D eigenvalue weighted by Gasteiger charge is 2.00. The number of nitrogens with one attached hydrogen (secondary N) is 1. The lowest BCUT2D eigenvalue weighted by Gasteiger charge is -2.04. The molecule has 2 rings (SSSR count). The van der Waals surface area contributed by atoms with Gasteiger partial charge in [-0.15, -0.1) is 23.1 Å². The van der Waals surface area contributed by atoms with Gasteiger partial charge in [0.25, 0.3) is 0 Å². The number of benzene rings is 1. The van der Waals surface area contributed by atoms with Gasteiger partial charge in [0.05, 0.1) is 14.4 Å². The summed E-state index contributed by atoms with van der Waals surface area (Å²) in [5.41, 5.74) is 0. The fourth-order valence-corrected chi connectivity index (χ4v) is 3.73. The monoisotopic (exact) mass is 351 g/mol. The first-order valence-electron chi connectivity index (χ1n) is 5.68. The average molecular weight is 353 g/mol. The second kappa shape index (κ2) is 7.77. The van der Waals surface area contributed by atoms with Gasteiger partial charge in [0, 0.05) is 28.6 Å². The molecule has 2 aromatic rings. The number of rotatable bonds is 6. The zero-order valence-electron chi connectivity index (χ0n) is 9.96. The van der Waals surface area contributed by atoms with Crippen molar-refractivity contribution >= 4 is 57.9 Å². The molecule has 19 heavy (non-hydrogen) atoms. The summed E-state index contributed by atoms with van der Waals surface area (Å²) >= 11 is 21.1. The molecular weight excluding hydrogens is 341 g/mol. The Balaban J connectivity index is 1.67. The normalized spacial score (nSPS) is 10.9. The van der Waals surface area contributed by atoms with Gasteiger partial charge in [-0.1, -0.05) is 34.8 Å². The molecule has 0 radical (unpaired) electrons. The fourth-order valence-electron chi connectivity index (χ4n) is 1.47. The summed E-state index contributed by atoms with van der Waals surface area (Å²) in [6.07, 6.45) is 0. The van der Waals surface area contributed by atoms with Crippen molar-refractivity contribution in [3.63, 3.8) is 0 Å². The number of thiophene rings is 1. The van der Waals surface area contributed by atoms with E-state index in [1.165, 1.54) is 4.88 Å². The molecule has 6 heteroatoms. The van der Waals surface area contributed by atoms with Crippen molar-refractivity contribution in [1.29, 1.82) is 0 Å². The number of hydrogen-bond acceptors (Lipinski definition) is 3. The molecule has 0 saturated carbocycles. The largest absolute Gasteiger partial charge is 0.311 e. The Morgan fingerprint density at radius 1 is 1.05 bits per heavy atom. The SMILES string of the molecule is Clc1ccc(CNCCSc2ccc(Cl)c(Cl)c2)s1. The second-order valence-corrected chi connectivity index (χ2v) is 7.59. The van der Waals surface area contributed by atoms with Gasteiger partial charge in [0.1, 0.15) is 0 Å². The Hall–Kier alpha value is 0.1000. The van der Waals surface area contributed by atoms with Gasteiger partial charge in [-0.2, -0.15) is 0 Å². The van der Waals surface area contributed by atoms with E-state index in [0.717, 1.165) is 28.1 Å². The van der Waals surface area contributed by atoms with E-state index >= 15 is 0 Å². The van der Waals surface area contributed by atoms with Gasteiger partial charge < -0.3 is 5.32 Å². The van der Waals surface area contributed by atoms with Gasteiger partial charge in [0.15, 0.2) is 0 Å². The van der Waals surface area contributed by atoms with E-state index < -0.39 is 0 Å². The van der Waals surface area contributed by atoms with Gasteiger partial charge >= 0.3 is 0 Å². The molecule has 1 aromatic carbocycles. The van der Waals surface area contributed by atoms with E-state index in [1.807, 2.05) is 30.3 Å². The second-order valence-electron chi connectivity index (χ2n) is 3.81. The maximum atomic E-state index is 5.96. The number of hydrogen-bond donors (Lipinski definition) is 1. The molecule has 1 heterocycles. The van der Waals surface area contributed by atoms with E-state index in [1.54, 1.807) is 23.1 Å². The molecule has 0 aliphatic rings. The molecule has 102 valence electrons. The molecule has 1 N–H and O–H groups in total. The zero-order chi connectivity index (χ0) is 13.7. The van der Waals surface area contributed by atoms with Crippen LogP contribution in [0.15, 0.2) is 35.2 Å². The molecule has 0 aliphatic heterocycles.